The number of nitrogen functional groups attached to an aromatic ring is 1. The lowest BCUT2D eigenvalue weighted by Crippen LogP contribution is -2.48. The van der Waals surface area contributed by atoms with Crippen LogP contribution in [0.4, 0.5) is 10.1 Å². The summed E-state index contributed by atoms with van der Waals surface area (Å²) in [6.45, 7) is 1.99. The summed E-state index contributed by atoms with van der Waals surface area (Å²) < 4.78 is 21.0. The molecule has 5 rings (SSSR count). The third-order valence-electron chi connectivity index (χ3n) is 7.45. The first-order valence-electron chi connectivity index (χ1n) is 13.0. The molecule has 5 N–H and O–H groups in total. The van der Waals surface area contributed by atoms with E-state index < -0.39 is 11.2 Å². The average molecular weight is 546 g/mol. The largest absolute Gasteiger partial charge is 0.392 e. The van der Waals surface area contributed by atoms with Gasteiger partial charge < -0.3 is 21.1 Å². The predicted octanol–water partition coefficient (Wildman–Crippen LogP) is 2.57. The molecular weight excluding hydrogens is 513 g/mol. The van der Waals surface area contributed by atoms with Crippen molar-refractivity contribution >= 4 is 11.4 Å². The van der Waals surface area contributed by atoms with Crippen molar-refractivity contribution in [3.8, 4) is 11.1 Å². The molecule has 10 nitrogen and oxygen atoms in total. The van der Waals surface area contributed by atoms with Gasteiger partial charge in [0.25, 0.3) is 5.56 Å². The second-order valence-corrected chi connectivity index (χ2v) is 10.1. The maximum absolute atomic E-state index is 14.8. The molecule has 0 bridgehead atoms. The first-order chi connectivity index (χ1) is 19.3. The van der Waals surface area contributed by atoms with Crippen LogP contribution in [-0.4, -0.2) is 56.2 Å². The second kappa shape index (κ2) is 11.5. The maximum Gasteiger partial charge on any atom is 0.277 e. The van der Waals surface area contributed by atoms with Gasteiger partial charge in [0.1, 0.15) is 23.5 Å². The van der Waals surface area contributed by atoms with E-state index in [0.29, 0.717) is 67.1 Å². The van der Waals surface area contributed by atoms with Gasteiger partial charge in [-0.3, -0.25) is 19.3 Å². The van der Waals surface area contributed by atoms with Crippen molar-refractivity contribution in [2.45, 2.75) is 38.1 Å². The number of anilines is 1. The Labute approximate surface area is 230 Å². The maximum atomic E-state index is 14.8. The van der Waals surface area contributed by atoms with Gasteiger partial charge in [-0.15, -0.1) is 0 Å². The Morgan fingerprint density at radius 3 is 2.55 bits per heavy atom. The zero-order valence-electron chi connectivity index (χ0n) is 22.3. The number of hydrogen-bond donors (Lipinski definition) is 3. The van der Waals surface area contributed by atoms with Gasteiger partial charge in [0.15, 0.2) is 0 Å². The third kappa shape index (κ3) is 5.71. The Hall–Kier alpha value is -4.19. The molecule has 2 aromatic carbocycles. The highest BCUT2D eigenvalue weighted by Crippen LogP contribution is 2.27. The minimum atomic E-state index is -1.12. The van der Waals surface area contributed by atoms with Gasteiger partial charge in [0.05, 0.1) is 30.4 Å². The molecule has 11 heteroatoms. The number of aliphatic imine (C=N–C) groups is 1. The van der Waals surface area contributed by atoms with E-state index in [1.54, 1.807) is 19.3 Å². The molecule has 0 unspecified atom stereocenters. The predicted molar refractivity (Wildman–Crippen MR) is 150 cm³/mol. The highest BCUT2D eigenvalue weighted by atomic mass is 19.1. The summed E-state index contributed by atoms with van der Waals surface area (Å²) in [5, 5.41) is 15.0. The fraction of sp³-hybridized carbons (Fsp3) is 0.310. The van der Waals surface area contributed by atoms with Crippen molar-refractivity contribution in [2.75, 3.05) is 25.9 Å². The van der Waals surface area contributed by atoms with Crippen LogP contribution in [0.15, 0.2) is 75.6 Å². The van der Waals surface area contributed by atoms with E-state index in [1.165, 1.54) is 23.2 Å². The summed E-state index contributed by atoms with van der Waals surface area (Å²) >= 11 is 0. The summed E-state index contributed by atoms with van der Waals surface area (Å²) in [6.07, 6.45) is 5.25. The van der Waals surface area contributed by atoms with Crippen molar-refractivity contribution in [1.82, 2.24) is 19.6 Å². The van der Waals surface area contributed by atoms with Gasteiger partial charge in [0.2, 0.25) is 0 Å². The monoisotopic (exact) mass is 545 g/mol. The third-order valence-corrected chi connectivity index (χ3v) is 7.45. The summed E-state index contributed by atoms with van der Waals surface area (Å²) in [5.74, 6) is -0.307. The van der Waals surface area contributed by atoms with Crippen LogP contribution in [0.3, 0.4) is 0 Å². The lowest BCUT2D eigenvalue weighted by Gasteiger charge is -2.38. The lowest BCUT2D eigenvalue weighted by molar-refractivity contribution is -0.0366. The quantitative estimate of drug-likeness (QED) is 0.286. The number of hydrogen-bond acceptors (Lipinski definition) is 9. The molecule has 0 atom stereocenters. The van der Waals surface area contributed by atoms with Crippen molar-refractivity contribution in [3.05, 3.63) is 99.8 Å². The summed E-state index contributed by atoms with van der Waals surface area (Å²) in [5.41, 5.74) is 14.9. The molecule has 1 fully saturated rings. The normalized spacial score (nSPS) is 15.8. The molecule has 0 spiro atoms. The first-order valence-corrected chi connectivity index (χ1v) is 13.0. The number of piperidine rings is 1. The molecule has 4 aromatic rings. The van der Waals surface area contributed by atoms with E-state index in [2.05, 4.69) is 20.0 Å². The van der Waals surface area contributed by atoms with Crippen LogP contribution in [0.5, 0.6) is 0 Å². The lowest BCUT2D eigenvalue weighted by atomic mass is 9.91. The number of nitrogens with zero attached hydrogens (tertiary/aromatic N) is 5. The van der Waals surface area contributed by atoms with Crippen molar-refractivity contribution in [3.63, 3.8) is 0 Å². The standard InChI is InChI=1S/C29H32FN7O3/c1-33-26(20-4-2-19(13-31)3-5-20)27-25(32)28(38)37(18-34-27)17-29(39)8-10-36(11-9-29)15-22-7-6-21(12-24(22)30)23-14-35-40-16-23/h2-7,12,14,16,18,39H,8-11,13,15,17,31-32H2,1H3. The highest BCUT2D eigenvalue weighted by Gasteiger charge is 2.33. The Morgan fingerprint density at radius 1 is 1.18 bits per heavy atom. The van der Waals surface area contributed by atoms with Crippen molar-refractivity contribution in [1.29, 1.82) is 0 Å². The van der Waals surface area contributed by atoms with Crippen molar-refractivity contribution in [2.24, 2.45) is 10.7 Å². The van der Waals surface area contributed by atoms with E-state index in [-0.39, 0.29) is 18.0 Å². The van der Waals surface area contributed by atoms with E-state index >= 15 is 0 Å². The van der Waals surface area contributed by atoms with Gasteiger partial charge in [-0.25, -0.2) is 9.37 Å². The SMILES string of the molecule is CN=C(c1ccc(CN)cc1)c1ncn(CC2(O)CCN(Cc3ccc(-c4cnoc4)cc3F)CC2)c(=O)c1N. The van der Waals surface area contributed by atoms with Crippen LogP contribution in [-0.2, 0) is 19.6 Å². The van der Waals surface area contributed by atoms with Gasteiger partial charge in [-0.1, -0.05) is 41.6 Å². The number of likely N-dealkylation sites (tertiary alicyclic amines) is 1. The number of benzene rings is 2. The Balaban J connectivity index is 1.24. The number of aromatic nitrogens is 3. The number of aliphatic hydroxyl groups is 1. The van der Waals surface area contributed by atoms with Crippen LogP contribution < -0.4 is 17.0 Å². The molecule has 0 saturated carbocycles. The van der Waals surface area contributed by atoms with Crippen LogP contribution in [0.2, 0.25) is 0 Å². The molecule has 3 heterocycles. The van der Waals surface area contributed by atoms with Crippen LogP contribution in [0.1, 0.15) is 35.2 Å². The minimum Gasteiger partial charge on any atom is -0.392 e. The zero-order chi connectivity index (χ0) is 28.3. The van der Waals surface area contributed by atoms with E-state index in [9.17, 15) is 14.3 Å². The molecule has 208 valence electrons. The molecule has 1 aliphatic heterocycles. The Bertz CT molecular complexity index is 1560. The summed E-state index contributed by atoms with van der Waals surface area (Å²) in [7, 11) is 1.62. The topological polar surface area (TPSA) is 149 Å². The first kappa shape index (κ1) is 27.4. The smallest absolute Gasteiger partial charge is 0.277 e. The molecule has 1 aliphatic rings. The number of halogens is 1. The van der Waals surface area contributed by atoms with Crippen LogP contribution in [0, 0.1) is 5.82 Å². The molecule has 0 amide bonds. The fourth-order valence-electron chi connectivity index (χ4n) is 5.02. The Kier molecular flexibility index (Phi) is 7.88. The van der Waals surface area contributed by atoms with E-state index in [4.69, 9.17) is 16.0 Å². The van der Waals surface area contributed by atoms with Gasteiger partial charge >= 0.3 is 0 Å². The second-order valence-electron chi connectivity index (χ2n) is 10.1. The van der Waals surface area contributed by atoms with Gasteiger partial charge in [-0.05, 0) is 30.0 Å². The van der Waals surface area contributed by atoms with E-state index in [1.807, 2.05) is 30.3 Å². The molecule has 2 aromatic heterocycles. The zero-order valence-corrected chi connectivity index (χ0v) is 22.3. The van der Waals surface area contributed by atoms with Crippen LogP contribution in [0.25, 0.3) is 11.1 Å². The van der Waals surface area contributed by atoms with Crippen LogP contribution >= 0.6 is 0 Å². The fourth-order valence-corrected chi connectivity index (χ4v) is 5.02. The Morgan fingerprint density at radius 2 is 1.93 bits per heavy atom. The molecular formula is C29H32FN7O3. The average Bonchev–Trinajstić information content (AvgIpc) is 3.51. The van der Waals surface area contributed by atoms with E-state index in [0.717, 1.165) is 11.1 Å². The highest BCUT2D eigenvalue weighted by molar-refractivity contribution is 6.14. The molecule has 0 aliphatic carbocycles. The van der Waals surface area contributed by atoms with Gasteiger partial charge in [-0.2, -0.15) is 0 Å². The molecule has 0 radical (unpaired) electrons. The number of rotatable bonds is 8. The molecule has 40 heavy (non-hydrogen) atoms. The minimum absolute atomic E-state index is 0.0304. The van der Waals surface area contributed by atoms with Crippen molar-refractivity contribution < 1.29 is 14.0 Å². The summed E-state index contributed by atoms with van der Waals surface area (Å²) in [4.78, 5) is 24.0. The molecule has 1 saturated heterocycles. The number of nitrogens with two attached hydrogens (primary N) is 2. The van der Waals surface area contributed by atoms with Gasteiger partial charge in [0, 0.05) is 49.9 Å². The summed E-state index contributed by atoms with van der Waals surface area (Å²) in [6, 6.07) is 12.6.